The van der Waals surface area contributed by atoms with Crippen molar-refractivity contribution in [3.05, 3.63) is 29.3 Å². The van der Waals surface area contributed by atoms with Gasteiger partial charge in [-0.15, -0.1) is 11.3 Å². The molecule has 0 aliphatic carbocycles. The van der Waals surface area contributed by atoms with E-state index in [4.69, 9.17) is 4.98 Å². The summed E-state index contributed by atoms with van der Waals surface area (Å²) in [6, 6.07) is 8.20. The number of benzene rings is 1. The van der Waals surface area contributed by atoms with Gasteiger partial charge in [0.1, 0.15) is 11.6 Å². The van der Waals surface area contributed by atoms with Crippen LogP contribution in [-0.4, -0.2) is 61.9 Å². The molecule has 0 saturated carbocycles. The van der Waals surface area contributed by atoms with Gasteiger partial charge in [-0.05, 0) is 24.5 Å². The second-order valence-corrected chi connectivity index (χ2v) is 10.7. The lowest BCUT2D eigenvalue weighted by molar-refractivity contribution is -0.917. The number of thiazole rings is 1. The summed E-state index contributed by atoms with van der Waals surface area (Å²) in [6.45, 7) is 4.24. The molecule has 1 atom stereocenters. The Morgan fingerprint density at radius 2 is 2.04 bits per heavy atom. The molecule has 2 aromatic rings. The summed E-state index contributed by atoms with van der Waals surface area (Å²) in [7, 11) is -2.91. The smallest absolute Gasteiger partial charge is 0.223 e. The molecule has 1 amide bonds. The van der Waals surface area contributed by atoms with Crippen molar-refractivity contribution in [1.82, 2.24) is 9.88 Å². The van der Waals surface area contributed by atoms with Crippen LogP contribution in [0.5, 0.6) is 0 Å². The normalized spacial score (nSPS) is 23.5. The number of nitrogens with zero attached hydrogens (tertiary/aromatic N) is 2. The van der Waals surface area contributed by atoms with E-state index in [1.165, 1.54) is 9.60 Å². The first kappa shape index (κ1) is 17.9. The molecule has 2 aliphatic rings. The zero-order valence-electron chi connectivity index (χ0n) is 14.7. The van der Waals surface area contributed by atoms with Crippen LogP contribution in [0.3, 0.4) is 0 Å². The Morgan fingerprint density at radius 1 is 1.27 bits per heavy atom. The van der Waals surface area contributed by atoms with E-state index < -0.39 is 9.84 Å². The van der Waals surface area contributed by atoms with Crippen LogP contribution in [0.1, 0.15) is 17.8 Å². The number of sulfone groups is 1. The molecule has 8 heteroatoms. The fourth-order valence-corrected chi connectivity index (χ4v) is 6.77. The molecule has 1 N–H and O–H groups in total. The van der Waals surface area contributed by atoms with Crippen LogP contribution in [0.2, 0.25) is 0 Å². The minimum atomic E-state index is -2.91. The maximum Gasteiger partial charge on any atom is 0.223 e. The first-order valence-corrected chi connectivity index (χ1v) is 11.8. The van der Waals surface area contributed by atoms with Crippen molar-refractivity contribution in [2.24, 2.45) is 5.92 Å². The highest BCUT2D eigenvalue weighted by Gasteiger charge is 2.32. The Morgan fingerprint density at radius 3 is 2.73 bits per heavy atom. The Kier molecular flexibility index (Phi) is 4.98. The predicted molar refractivity (Wildman–Crippen MR) is 102 cm³/mol. The lowest BCUT2D eigenvalue weighted by atomic mass is 10.0. The number of carbonyl (C=O) groups is 1. The molecule has 6 nitrogen and oxygen atoms in total. The summed E-state index contributed by atoms with van der Waals surface area (Å²) in [5.41, 5.74) is 1.06. The zero-order chi connectivity index (χ0) is 18.1. The monoisotopic (exact) mass is 394 g/mol. The molecule has 140 valence electrons. The minimum absolute atomic E-state index is 0.0145. The molecular weight excluding hydrogens is 370 g/mol. The highest BCUT2D eigenvalue weighted by atomic mass is 32.2. The lowest BCUT2D eigenvalue weighted by Gasteiger charge is -2.32. The molecule has 2 saturated heterocycles. The summed E-state index contributed by atoms with van der Waals surface area (Å²) in [4.78, 5) is 20.5. The average Bonchev–Trinajstić information content (AvgIpc) is 3.17. The maximum absolute atomic E-state index is 12.5. The molecule has 3 heterocycles. The minimum Gasteiger partial charge on any atom is -0.331 e. The van der Waals surface area contributed by atoms with Gasteiger partial charge in [0.15, 0.2) is 9.84 Å². The number of hydrogen-bond donors (Lipinski definition) is 1. The van der Waals surface area contributed by atoms with Crippen molar-refractivity contribution in [3.63, 3.8) is 0 Å². The van der Waals surface area contributed by atoms with Crippen molar-refractivity contribution >= 4 is 37.3 Å². The largest absolute Gasteiger partial charge is 0.331 e. The van der Waals surface area contributed by atoms with Crippen LogP contribution < -0.4 is 4.90 Å². The standard InChI is InChI=1S/C18H23N3O3S2/c22-18(11-14-5-10-26(23,24)13-14)21-8-6-20(7-9-21)12-17-19-15-3-1-2-4-16(15)25-17/h1-4,14H,5-13H2/p+1/t14-/m1/s1. The van der Waals surface area contributed by atoms with Gasteiger partial charge in [-0.25, -0.2) is 13.4 Å². The van der Waals surface area contributed by atoms with Crippen LogP contribution in [0.25, 0.3) is 10.2 Å². The SMILES string of the molecule is O=C(C[C@H]1CCS(=O)(=O)C1)N1CC[NH+](Cc2nc3ccccc3s2)CC1. The van der Waals surface area contributed by atoms with Crippen LogP contribution in [-0.2, 0) is 21.2 Å². The van der Waals surface area contributed by atoms with E-state index in [-0.39, 0.29) is 23.3 Å². The molecule has 1 aromatic carbocycles. The summed E-state index contributed by atoms with van der Waals surface area (Å²) in [5, 5.41) is 1.15. The Labute approximate surface area is 157 Å². The number of quaternary nitrogens is 1. The third-order valence-electron chi connectivity index (χ3n) is 5.35. The number of hydrogen-bond acceptors (Lipinski definition) is 5. The van der Waals surface area contributed by atoms with Crippen molar-refractivity contribution in [1.29, 1.82) is 0 Å². The summed E-state index contributed by atoms with van der Waals surface area (Å²) in [5.74, 6) is 0.554. The summed E-state index contributed by atoms with van der Waals surface area (Å²) in [6.07, 6.45) is 1.02. The van der Waals surface area contributed by atoms with Gasteiger partial charge in [0.2, 0.25) is 5.91 Å². The highest BCUT2D eigenvalue weighted by Crippen LogP contribution is 2.23. The summed E-state index contributed by atoms with van der Waals surface area (Å²) < 4.78 is 24.3. The first-order chi connectivity index (χ1) is 12.5. The number of rotatable bonds is 4. The zero-order valence-corrected chi connectivity index (χ0v) is 16.3. The lowest BCUT2D eigenvalue weighted by Crippen LogP contribution is -3.13. The van der Waals surface area contributed by atoms with E-state index in [1.807, 2.05) is 23.1 Å². The summed E-state index contributed by atoms with van der Waals surface area (Å²) >= 11 is 1.75. The molecule has 0 spiro atoms. The molecule has 2 fully saturated rings. The van der Waals surface area contributed by atoms with Crippen LogP contribution in [0, 0.1) is 5.92 Å². The number of aromatic nitrogens is 1. The molecule has 26 heavy (non-hydrogen) atoms. The molecule has 1 aromatic heterocycles. The van der Waals surface area contributed by atoms with Crippen molar-refractivity contribution in [2.45, 2.75) is 19.4 Å². The Bertz CT molecular complexity index is 868. The van der Waals surface area contributed by atoms with Gasteiger partial charge < -0.3 is 9.80 Å². The van der Waals surface area contributed by atoms with Gasteiger partial charge in [-0.1, -0.05) is 12.1 Å². The van der Waals surface area contributed by atoms with E-state index in [2.05, 4.69) is 6.07 Å². The maximum atomic E-state index is 12.5. The number of piperazine rings is 1. The van der Waals surface area contributed by atoms with Gasteiger partial charge in [0, 0.05) is 6.42 Å². The quantitative estimate of drug-likeness (QED) is 0.812. The van der Waals surface area contributed by atoms with E-state index in [0.717, 1.165) is 43.2 Å². The molecule has 0 unspecified atom stereocenters. The van der Waals surface area contributed by atoms with Crippen molar-refractivity contribution in [2.75, 3.05) is 37.7 Å². The fourth-order valence-electron chi connectivity index (χ4n) is 3.87. The van der Waals surface area contributed by atoms with Crippen LogP contribution in [0.15, 0.2) is 24.3 Å². The van der Waals surface area contributed by atoms with Gasteiger partial charge in [-0.3, -0.25) is 4.79 Å². The Balaban J connectivity index is 1.27. The number of nitrogens with one attached hydrogen (secondary N) is 1. The van der Waals surface area contributed by atoms with Crippen molar-refractivity contribution < 1.29 is 18.1 Å². The third kappa shape index (κ3) is 4.07. The molecular formula is C18H24N3O3S2+. The predicted octanol–water partition coefficient (Wildman–Crippen LogP) is 0.348. The van der Waals surface area contributed by atoms with Gasteiger partial charge in [-0.2, -0.15) is 0 Å². The van der Waals surface area contributed by atoms with E-state index >= 15 is 0 Å². The average molecular weight is 395 g/mol. The van der Waals surface area contributed by atoms with Crippen LogP contribution in [0.4, 0.5) is 0 Å². The number of para-hydroxylation sites is 1. The number of carbonyl (C=O) groups excluding carboxylic acids is 1. The first-order valence-electron chi connectivity index (χ1n) is 9.15. The number of fused-ring (bicyclic) bond motifs is 1. The molecule has 2 aliphatic heterocycles. The van der Waals surface area contributed by atoms with E-state index in [0.29, 0.717) is 12.8 Å². The van der Waals surface area contributed by atoms with E-state index in [1.54, 1.807) is 11.3 Å². The van der Waals surface area contributed by atoms with Gasteiger partial charge >= 0.3 is 0 Å². The van der Waals surface area contributed by atoms with Gasteiger partial charge in [0.25, 0.3) is 0 Å². The molecule has 0 radical (unpaired) electrons. The third-order valence-corrected chi connectivity index (χ3v) is 8.23. The topological polar surface area (TPSA) is 71.8 Å². The molecule has 0 bridgehead atoms. The second-order valence-electron chi connectivity index (χ2n) is 7.36. The second kappa shape index (κ2) is 7.25. The highest BCUT2D eigenvalue weighted by molar-refractivity contribution is 7.91. The van der Waals surface area contributed by atoms with Crippen LogP contribution >= 0.6 is 11.3 Å². The molecule has 4 rings (SSSR count). The number of amides is 1. The van der Waals surface area contributed by atoms with E-state index in [9.17, 15) is 13.2 Å². The Hall–Kier alpha value is -1.51. The van der Waals surface area contributed by atoms with Gasteiger partial charge in [0.05, 0.1) is 47.9 Å². The van der Waals surface area contributed by atoms with Crippen molar-refractivity contribution in [3.8, 4) is 0 Å². The fraction of sp³-hybridized carbons (Fsp3) is 0.556.